The predicted molar refractivity (Wildman–Crippen MR) is 203 cm³/mol. The second-order valence-electron chi connectivity index (χ2n) is 13.4. The van der Waals surface area contributed by atoms with E-state index in [2.05, 4.69) is 59.8 Å². The van der Waals surface area contributed by atoms with Gasteiger partial charge in [-0.05, 0) is 144 Å². The molecule has 7 rings (SSSR count). The summed E-state index contributed by atoms with van der Waals surface area (Å²) in [6.07, 6.45) is 42.7. The molecule has 0 aliphatic carbocycles. The maximum atomic E-state index is 4.35. The first-order valence-electron chi connectivity index (χ1n) is 18.4. The van der Waals surface area contributed by atoms with E-state index in [-0.39, 0.29) is 0 Å². The average Bonchev–Trinajstić information content (AvgIpc) is 3.24. The van der Waals surface area contributed by atoms with Crippen molar-refractivity contribution in [3.05, 3.63) is 179 Å². The molecule has 12 nitrogen and oxygen atoms in total. The van der Waals surface area contributed by atoms with Gasteiger partial charge in [-0.25, -0.2) is 59.8 Å². The highest BCUT2D eigenvalue weighted by molar-refractivity contribution is 5.54. The van der Waals surface area contributed by atoms with Gasteiger partial charge in [0.05, 0.1) is 0 Å². The van der Waals surface area contributed by atoms with Crippen molar-refractivity contribution in [2.75, 3.05) is 0 Å². The first-order chi connectivity index (χ1) is 26.8. The molecule has 0 saturated carbocycles. The van der Waals surface area contributed by atoms with Crippen LogP contribution in [0, 0.1) is 0 Å². The largest absolute Gasteiger partial charge is 0.245 e. The van der Waals surface area contributed by atoms with Gasteiger partial charge in [0.2, 0.25) is 0 Å². The Balaban J connectivity index is 1.42. The van der Waals surface area contributed by atoms with E-state index in [1.165, 1.54) is 33.4 Å². The van der Waals surface area contributed by atoms with Crippen LogP contribution in [0.5, 0.6) is 0 Å². The summed E-state index contributed by atoms with van der Waals surface area (Å²) in [5.74, 6) is 0. The van der Waals surface area contributed by atoms with E-state index >= 15 is 0 Å². The van der Waals surface area contributed by atoms with Crippen molar-refractivity contribution in [1.29, 1.82) is 0 Å². The topological polar surface area (TPSA) is 155 Å². The van der Waals surface area contributed by atoms with E-state index in [1.807, 2.05) is 74.4 Å². The summed E-state index contributed by atoms with van der Waals surface area (Å²) in [6, 6.07) is 0. The van der Waals surface area contributed by atoms with Crippen LogP contribution in [0.25, 0.3) is 0 Å². The fourth-order valence-electron chi connectivity index (χ4n) is 7.27. The normalized spacial score (nSPS) is 11.1. The zero-order chi connectivity index (χ0) is 36.6. The summed E-state index contributed by atoms with van der Waals surface area (Å²) in [4.78, 5) is 52.2. The van der Waals surface area contributed by atoms with Crippen LogP contribution < -0.4 is 0 Å². The summed E-state index contributed by atoms with van der Waals surface area (Å²) in [6.45, 7) is 0. The Morgan fingerprint density at radius 3 is 0.444 bits per heavy atom. The Morgan fingerprint density at radius 2 is 0.315 bits per heavy atom. The Morgan fingerprint density at radius 1 is 0.185 bits per heavy atom. The SMILES string of the molecule is c1ncc(CCc2c(CCc3cncnc3)c(CCc3cncnc3)c(CCc3cncnc3)c(CCc3cncnc3)c2CCc2cncnc2)cn1. The molecule has 0 unspecified atom stereocenters. The molecule has 0 aliphatic heterocycles. The molecule has 0 saturated heterocycles. The van der Waals surface area contributed by atoms with Crippen molar-refractivity contribution in [3.63, 3.8) is 0 Å². The Bertz CT molecular complexity index is 1730. The predicted octanol–water partition coefficient (Wildman–Crippen LogP) is 5.14. The number of aryl methyl sites for hydroxylation is 6. The lowest BCUT2D eigenvalue weighted by Crippen LogP contribution is -2.18. The number of aromatic nitrogens is 12. The van der Waals surface area contributed by atoms with Crippen molar-refractivity contribution in [2.24, 2.45) is 0 Å². The molecule has 6 heterocycles. The number of nitrogens with zero attached hydrogens (tertiary/aromatic N) is 12. The standard InChI is InChI=1S/C42H42N12/c1(31-13-43-25-44-14-31)7-37-38(8-2-32-15-45-26-46-16-32)40(10-4-34-19-49-28-50-20-34)42(12-6-36-23-53-30-54-24-36)41(11-5-35-21-51-29-52-22-35)39(37)9-3-33-17-47-27-48-18-33/h13-30H,1-12H2. The van der Waals surface area contributed by atoms with Crippen molar-refractivity contribution in [3.8, 4) is 0 Å². The number of hydrogen-bond donors (Lipinski definition) is 0. The maximum Gasteiger partial charge on any atom is 0.115 e. The molecule has 0 aliphatic rings. The van der Waals surface area contributed by atoms with E-state index in [0.717, 1.165) is 110 Å². The van der Waals surface area contributed by atoms with Gasteiger partial charge in [-0.1, -0.05) is 0 Å². The Hall–Kier alpha value is -6.30. The van der Waals surface area contributed by atoms with Gasteiger partial charge in [0.15, 0.2) is 0 Å². The van der Waals surface area contributed by atoms with Crippen LogP contribution in [0.4, 0.5) is 0 Å². The van der Waals surface area contributed by atoms with Crippen LogP contribution in [0.15, 0.2) is 112 Å². The van der Waals surface area contributed by atoms with Gasteiger partial charge in [0, 0.05) is 74.4 Å². The average molecular weight is 715 g/mol. The molecule has 0 fully saturated rings. The van der Waals surface area contributed by atoms with E-state index < -0.39 is 0 Å². The van der Waals surface area contributed by atoms with Crippen LogP contribution in [0.3, 0.4) is 0 Å². The van der Waals surface area contributed by atoms with Crippen molar-refractivity contribution in [2.45, 2.75) is 77.0 Å². The highest BCUT2D eigenvalue weighted by atomic mass is 14.8. The summed E-state index contributed by atoms with van der Waals surface area (Å²) < 4.78 is 0. The van der Waals surface area contributed by atoms with Gasteiger partial charge in [0.25, 0.3) is 0 Å². The van der Waals surface area contributed by atoms with Crippen molar-refractivity contribution in [1.82, 2.24) is 59.8 Å². The third kappa shape index (κ3) is 9.97. The Labute approximate surface area is 315 Å². The van der Waals surface area contributed by atoms with Gasteiger partial charge in [-0.3, -0.25) is 0 Å². The molecule has 0 amide bonds. The molecule has 0 N–H and O–H groups in total. The third-order valence-corrected chi connectivity index (χ3v) is 9.85. The molecule has 0 spiro atoms. The van der Waals surface area contributed by atoms with E-state index in [0.29, 0.717) is 0 Å². The molecule has 270 valence electrons. The molecule has 1 aromatic carbocycles. The summed E-state index contributed by atoms with van der Waals surface area (Å²) in [5, 5.41) is 0. The van der Waals surface area contributed by atoms with Crippen LogP contribution >= 0.6 is 0 Å². The van der Waals surface area contributed by atoms with Gasteiger partial charge >= 0.3 is 0 Å². The lowest BCUT2D eigenvalue weighted by Gasteiger charge is -2.28. The number of rotatable bonds is 18. The second kappa shape index (κ2) is 19.0. The fraction of sp³-hybridized carbons (Fsp3) is 0.286. The molecule has 54 heavy (non-hydrogen) atoms. The van der Waals surface area contributed by atoms with Crippen LogP contribution in [-0.2, 0) is 77.0 Å². The zero-order valence-electron chi connectivity index (χ0n) is 30.2. The highest BCUT2D eigenvalue weighted by Gasteiger charge is 2.24. The molecule has 0 atom stereocenters. The minimum atomic E-state index is 0.822. The molecular weight excluding hydrogens is 673 g/mol. The molecule has 7 aromatic rings. The lowest BCUT2D eigenvalue weighted by molar-refractivity contribution is 0.770. The van der Waals surface area contributed by atoms with Crippen molar-refractivity contribution >= 4 is 0 Å². The van der Waals surface area contributed by atoms with Gasteiger partial charge in [0.1, 0.15) is 38.0 Å². The monoisotopic (exact) mass is 714 g/mol. The molecule has 12 heteroatoms. The van der Waals surface area contributed by atoms with Gasteiger partial charge in [-0.15, -0.1) is 0 Å². The molecular formula is C42H42N12. The molecule has 6 aromatic heterocycles. The third-order valence-electron chi connectivity index (χ3n) is 9.85. The first-order valence-corrected chi connectivity index (χ1v) is 18.4. The summed E-state index contributed by atoms with van der Waals surface area (Å²) in [5.41, 5.74) is 15.1. The summed E-state index contributed by atoms with van der Waals surface area (Å²) >= 11 is 0. The maximum absolute atomic E-state index is 4.35. The molecule has 0 radical (unpaired) electrons. The quantitative estimate of drug-likeness (QED) is 0.116. The number of hydrogen-bond acceptors (Lipinski definition) is 12. The van der Waals surface area contributed by atoms with Gasteiger partial charge in [-0.2, -0.15) is 0 Å². The first kappa shape index (κ1) is 36.1. The minimum absolute atomic E-state index is 0.822. The summed E-state index contributed by atoms with van der Waals surface area (Å²) in [7, 11) is 0. The van der Waals surface area contributed by atoms with E-state index in [9.17, 15) is 0 Å². The Kier molecular flexibility index (Phi) is 12.7. The van der Waals surface area contributed by atoms with E-state index in [4.69, 9.17) is 0 Å². The van der Waals surface area contributed by atoms with Crippen LogP contribution in [-0.4, -0.2) is 59.8 Å². The lowest BCUT2D eigenvalue weighted by atomic mass is 9.77. The van der Waals surface area contributed by atoms with Crippen LogP contribution in [0.2, 0.25) is 0 Å². The zero-order valence-corrected chi connectivity index (χ0v) is 30.2. The van der Waals surface area contributed by atoms with Crippen LogP contribution in [0.1, 0.15) is 66.8 Å². The van der Waals surface area contributed by atoms with E-state index in [1.54, 1.807) is 38.0 Å². The molecule has 0 bridgehead atoms. The van der Waals surface area contributed by atoms with Gasteiger partial charge < -0.3 is 0 Å². The minimum Gasteiger partial charge on any atom is -0.245 e. The fourth-order valence-corrected chi connectivity index (χ4v) is 7.27. The smallest absolute Gasteiger partial charge is 0.115 e. The highest BCUT2D eigenvalue weighted by Crippen LogP contribution is 2.35. The number of benzene rings is 1. The van der Waals surface area contributed by atoms with Crippen molar-refractivity contribution < 1.29 is 0 Å². The second-order valence-corrected chi connectivity index (χ2v) is 13.4.